The molecule has 1 atom stereocenters. The molecule has 0 saturated carbocycles. The van der Waals surface area contributed by atoms with Gasteiger partial charge in [-0.15, -0.1) is 0 Å². The average molecular weight is 295 g/mol. The zero-order chi connectivity index (χ0) is 13.8. The van der Waals surface area contributed by atoms with Gasteiger partial charge in [-0.2, -0.15) is 0 Å². The molecule has 3 N–H and O–H groups in total. The molecule has 2 aromatic rings. The van der Waals surface area contributed by atoms with Gasteiger partial charge >= 0.3 is 0 Å². The van der Waals surface area contributed by atoms with Crippen LogP contribution < -0.4 is 11.3 Å². The van der Waals surface area contributed by atoms with E-state index in [0.29, 0.717) is 10.0 Å². The molecule has 19 heavy (non-hydrogen) atoms. The van der Waals surface area contributed by atoms with Crippen LogP contribution in [0.15, 0.2) is 42.5 Å². The average Bonchev–Trinajstić information content (AvgIpc) is 2.39. The fourth-order valence-corrected chi connectivity index (χ4v) is 2.71. The SMILES string of the molecule is Cc1ccc(CC(NN)c2c(Cl)cccc2Cl)cc1. The molecule has 0 saturated heterocycles. The van der Waals surface area contributed by atoms with Crippen molar-refractivity contribution in [3.05, 3.63) is 69.2 Å². The normalized spacial score (nSPS) is 12.4. The first kappa shape index (κ1) is 14.4. The molecule has 0 spiro atoms. The summed E-state index contributed by atoms with van der Waals surface area (Å²) in [6.45, 7) is 2.06. The van der Waals surface area contributed by atoms with Crippen LogP contribution in [0.25, 0.3) is 0 Å². The fraction of sp³-hybridized carbons (Fsp3) is 0.200. The van der Waals surface area contributed by atoms with E-state index < -0.39 is 0 Å². The minimum Gasteiger partial charge on any atom is -0.271 e. The van der Waals surface area contributed by atoms with Gasteiger partial charge in [-0.3, -0.25) is 11.3 Å². The summed E-state index contributed by atoms with van der Waals surface area (Å²) in [6.07, 6.45) is 0.736. The van der Waals surface area contributed by atoms with Crippen molar-refractivity contribution in [2.75, 3.05) is 0 Å². The second-order valence-electron chi connectivity index (χ2n) is 4.54. The summed E-state index contributed by atoms with van der Waals surface area (Å²) in [5, 5.41) is 1.25. The van der Waals surface area contributed by atoms with E-state index in [1.165, 1.54) is 11.1 Å². The third-order valence-electron chi connectivity index (χ3n) is 3.11. The van der Waals surface area contributed by atoms with Crippen LogP contribution in [0.3, 0.4) is 0 Å². The second kappa shape index (κ2) is 6.40. The largest absolute Gasteiger partial charge is 0.271 e. The predicted molar refractivity (Wildman–Crippen MR) is 81.4 cm³/mol. The Bertz CT molecular complexity index is 532. The molecule has 1 unspecified atom stereocenters. The summed E-state index contributed by atoms with van der Waals surface area (Å²) in [6, 6.07) is 13.7. The number of hydrogen-bond acceptors (Lipinski definition) is 2. The number of hydrazine groups is 1. The molecule has 0 bridgehead atoms. The number of halogens is 2. The fourth-order valence-electron chi connectivity index (χ4n) is 2.05. The maximum atomic E-state index is 6.21. The first-order chi connectivity index (χ1) is 9.11. The monoisotopic (exact) mass is 294 g/mol. The maximum Gasteiger partial charge on any atom is 0.0529 e. The number of nitrogens with two attached hydrogens (primary N) is 1. The lowest BCUT2D eigenvalue weighted by Gasteiger charge is -2.19. The molecule has 0 amide bonds. The molecular weight excluding hydrogens is 279 g/mol. The molecule has 4 heteroatoms. The highest BCUT2D eigenvalue weighted by Crippen LogP contribution is 2.31. The summed E-state index contributed by atoms with van der Waals surface area (Å²) >= 11 is 12.4. The topological polar surface area (TPSA) is 38.0 Å². The zero-order valence-electron chi connectivity index (χ0n) is 10.7. The maximum absolute atomic E-state index is 6.21. The standard InChI is InChI=1S/C15H16Cl2N2/c1-10-5-7-11(8-6-10)9-14(19-18)15-12(16)3-2-4-13(15)17/h2-8,14,19H,9,18H2,1H3. The van der Waals surface area contributed by atoms with Crippen molar-refractivity contribution < 1.29 is 0 Å². The van der Waals surface area contributed by atoms with Crippen LogP contribution in [-0.4, -0.2) is 0 Å². The van der Waals surface area contributed by atoms with Crippen molar-refractivity contribution in [3.63, 3.8) is 0 Å². The van der Waals surface area contributed by atoms with Crippen LogP contribution >= 0.6 is 23.2 Å². The molecule has 2 rings (SSSR count). The molecule has 0 heterocycles. The summed E-state index contributed by atoms with van der Waals surface area (Å²) in [7, 11) is 0. The van der Waals surface area contributed by atoms with Gasteiger partial charge in [0.15, 0.2) is 0 Å². The van der Waals surface area contributed by atoms with E-state index in [1.54, 1.807) is 0 Å². The lowest BCUT2D eigenvalue weighted by atomic mass is 9.98. The van der Waals surface area contributed by atoms with Gasteiger partial charge in [-0.25, -0.2) is 0 Å². The van der Waals surface area contributed by atoms with Crippen molar-refractivity contribution in [3.8, 4) is 0 Å². The number of rotatable bonds is 4. The molecule has 0 aliphatic heterocycles. The molecule has 2 aromatic carbocycles. The third-order valence-corrected chi connectivity index (χ3v) is 3.77. The Hall–Kier alpha value is -1.06. The molecule has 0 radical (unpaired) electrons. The number of hydrogen-bond donors (Lipinski definition) is 2. The van der Waals surface area contributed by atoms with Gasteiger partial charge < -0.3 is 0 Å². The van der Waals surface area contributed by atoms with E-state index in [-0.39, 0.29) is 6.04 Å². The van der Waals surface area contributed by atoms with E-state index in [9.17, 15) is 0 Å². The predicted octanol–water partition coefficient (Wildman–Crippen LogP) is 4.05. The lowest BCUT2D eigenvalue weighted by molar-refractivity contribution is 0.552. The van der Waals surface area contributed by atoms with E-state index in [2.05, 4.69) is 36.6 Å². The highest BCUT2D eigenvalue weighted by Gasteiger charge is 2.17. The minimum absolute atomic E-state index is 0.107. The van der Waals surface area contributed by atoms with Gasteiger partial charge in [-0.1, -0.05) is 59.1 Å². The van der Waals surface area contributed by atoms with Crippen molar-refractivity contribution in [1.29, 1.82) is 0 Å². The van der Waals surface area contributed by atoms with Crippen LogP contribution in [0.2, 0.25) is 10.0 Å². The quantitative estimate of drug-likeness (QED) is 0.659. The molecule has 100 valence electrons. The van der Waals surface area contributed by atoms with Crippen LogP contribution in [0.5, 0.6) is 0 Å². The first-order valence-electron chi connectivity index (χ1n) is 6.07. The lowest BCUT2D eigenvalue weighted by Crippen LogP contribution is -2.30. The van der Waals surface area contributed by atoms with Gasteiger partial charge in [0, 0.05) is 15.6 Å². The molecule has 0 aliphatic rings. The van der Waals surface area contributed by atoms with Crippen LogP contribution in [0.4, 0.5) is 0 Å². The minimum atomic E-state index is -0.107. The first-order valence-corrected chi connectivity index (χ1v) is 6.83. The highest BCUT2D eigenvalue weighted by molar-refractivity contribution is 6.36. The van der Waals surface area contributed by atoms with Crippen molar-refractivity contribution in [2.45, 2.75) is 19.4 Å². The smallest absolute Gasteiger partial charge is 0.0529 e. The number of aryl methyl sites for hydroxylation is 1. The summed E-state index contributed by atoms with van der Waals surface area (Å²) < 4.78 is 0. The third kappa shape index (κ3) is 3.48. The molecular formula is C15H16Cl2N2. The Morgan fingerprint density at radius 1 is 1.05 bits per heavy atom. The Balaban J connectivity index is 2.27. The number of benzene rings is 2. The molecule has 0 aliphatic carbocycles. The Morgan fingerprint density at radius 3 is 2.16 bits per heavy atom. The van der Waals surface area contributed by atoms with Crippen molar-refractivity contribution in [1.82, 2.24) is 5.43 Å². The van der Waals surface area contributed by atoms with E-state index >= 15 is 0 Å². The van der Waals surface area contributed by atoms with E-state index in [4.69, 9.17) is 29.0 Å². The summed E-state index contributed by atoms with van der Waals surface area (Å²) in [5.74, 6) is 5.65. The van der Waals surface area contributed by atoms with Gasteiger partial charge in [0.25, 0.3) is 0 Å². The van der Waals surface area contributed by atoms with Crippen molar-refractivity contribution in [2.24, 2.45) is 5.84 Å². The van der Waals surface area contributed by atoms with Gasteiger partial charge in [0.1, 0.15) is 0 Å². The zero-order valence-corrected chi connectivity index (χ0v) is 12.2. The van der Waals surface area contributed by atoms with Crippen LogP contribution in [0.1, 0.15) is 22.7 Å². The summed E-state index contributed by atoms with van der Waals surface area (Å²) in [4.78, 5) is 0. The van der Waals surface area contributed by atoms with Crippen LogP contribution in [0, 0.1) is 6.92 Å². The number of nitrogens with one attached hydrogen (secondary N) is 1. The Kier molecular flexibility index (Phi) is 4.83. The van der Waals surface area contributed by atoms with Crippen LogP contribution in [-0.2, 0) is 6.42 Å². The summed E-state index contributed by atoms with van der Waals surface area (Å²) in [5.41, 5.74) is 6.05. The Morgan fingerprint density at radius 2 is 1.63 bits per heavy atom. The van der Waals surface area contributed by atoms with E-state index in [1.807, 2.05) is 18.2 Å². The Labute approximate surface area is 123 Å². The van der Waals surface area contributed by atoms with Gasteiger partial charge in [0.05, 0.1) is 6.04 Å². The van der Waals surface area contributed by atoms with Gasteiger partial charge in [0.2, 0.25) is 0 Å². The molecule has 0 fully saturated rings. The van der Waals surface area contributed by atoms with Crippen molar-refractivity contribution >= 4 is 23.2 Å². The van der Waals surface area contributed by atoms with Gasteiger partial charge in [-0.05, 0) is 31.0 Å². The highest BCUT2D eigenvalue weighted by atomic mass is 35.5. The van der Waals surface area contributed by atoms with E-state index in [0.717, 1.165) is 12.0 Å². The molecule has 0 aromatic heterocycles. The molecule has 2 nitrogen and oxygen atoms in total. The second-order valence-corrected chi connectivity index (χ2v) is 5.36.